The molecule has 1 aliphatic heterocycles. The lowest BCUT2D eigenvalue weighted by molar-refractivity contribution is -0.709. The van der Waals surface area contributed by atoms with Crippen LogP contribution in [-0.4, -0.2) is 42.7 Å². The summed E-state index contributed by atoms with van der Waals surface area (Å²) in [7, 11) is 0. The van der Waals surface area contributed by atoms with Gasteiger partial charge in [-0.05, 0) is 26.3 Å². The van der Waals surface area contributed by atoms with Crippen molar-refractivity contribution in [3.05, 3.63) is 26.0 Å². The molecule has 0 fully saturated rings. The summed E-state index contributed by atoms with van der Waals surface area (Å²) in [6.07, 6.45) is 0.442. The molecular formula is C17H16Cl2N3O5S2+. The van der Waals surface area contributed by atoms with Crippen molar-refractivity contribution in [2.24, 2.45) is 4.99 Å². The molecule has 2 aromatic rings. The third-order valence-corrected chi connectivity index (χ3v) is 7.30. The summed E-state index contributed by atoms with van der Waals surface area (Å²) in [6.45, 7) is 5.27. The minimum Gasteiger partial charge on any atom is -0.505 e. The molecule has 1 unspecified atom stereocenters. The number of carbonyl (C=O) groups excluding carboxylic acids is 2. The fourth-order valence-electron chi connectivity index (χ4n) is 2.61. The van der Waals surface area contributed by atoms with Crippen LogP contribution in [0.5, 0.6) is 5.75 Å². The minimum absolute atomic E-state index is 0.0179. The second-order valence-corrected chi connectivity index (χ2v) is 10.2. The van der Waals surface area contributed by atoms with E-state index in [9.17, 15) is 19.6 Å². The molecule has 8 nitrogen and oxygen atoms in total. The second kappa shape index (κ2) is 8.17. The molecule has 154 valence electrons. The molecule has 2 heterocycles. The van der Waals surface area contributed by atoms with Crippen LogP contribution in [0.2, 0.25) is 10.0 Å². The van der Waals surface area contributed by atoms with Gasteiger partial charge in [0.2, 0.25) is 0 Å². The summed E-state index contributed by atoms with van der Waals surface area (Å²) < 4.78 is -0.200. The van der Waals surface area contributed by atoms with Gasteiger partial charge in [-0.1, -0.05) is 41.9 Å². The zero-order valence-electron chi connectivity index (χ0n) is 15.6. The van der Waals surface area contributed by atoms with E-state index in [1.165, 1.54) is 29.2 Å². The summed E-state index contributed by atoms with van der Waals surface area (Å²) >= 11 is 14.6. The summed E-state index contributed by atoms with van der Waals surface area (Å²) in [6, 6.07) is 0.483. The van der Waals surface area contributed by atoms with Gasteiger partial charge in [0.25, 0.3) is 0 Å². The number of thioether (sulfide) groups is 1. The molecule has 0 radical (unpaired) electrons. The highest BCUT2D eigenvalue weighted by molar-refractivity contribution is 8.16. The largest absolute Gasteiger partial charge is 0.505 e. The zero-order valence-corrected chi connectivity index (χ0v) is 18.7. The van der Waals surface area contributed by atoms with E-state index < -0.39 is 22.7 Å². The fourth-order valence-corrected chi connectivity index (χ4v) is 5.34. The number of halogens is 2. The van der Waals surface area contributed by atoms with Crippen LogP contribution in [0.15, 0.2) is 11.1 Å². The van der Waals surface area contributed by atoms with Crippen LogP contribution in [0, 0.1) is 4.91 Å². The molecule has 0 saturated carbocycles. The maximum atomic E-state index is 12.4. The van der Waals surface area contributed by atoms with Crippen molar-refractivity contribution in [2.45, 2.75) is 44.4 Å². The van der Waals surface area contributed by atoms with Gasteiger partial charge in [0.15, 0.2) is 11.8 Å². The topological polar surface area (TPSA) is 109 Å². The highest BCUT2D eigenvalue weighted by Crippen LogP contribution is 2.45. The van der Waals surface area contributed by atoms with E-state index in [1.54, 1.807) is 20.8 Å². The van der Waals surface area contributed by atoms with Gasteiger partial charge in [-0.15, -0.1) is 16.2 Å². The fraction of sp³-hybridized carbons (Fsp3) is 0.412. The summed E-state index contributed by atoms with van der Waals surface area (Å²) in [5, 5.41) is 11.0. The van der Waals surface area contributed by atoms with Crippen molar-refractivity contribution in [3.63, 3.8) is 0 Å². The van der Waals surface area contributed by atoms with Crippen LogP contribution in [-0.2, 0) is 14.4 Å². The molecule has 1 N–H and O–H groups in total. The van der Waals surface area contributed by atoms with E-state index in [-0.39, 0.29) is 27.1 Å². The highest BCUT2D eigenvalue weighted by Gasteiger charge is 2.47. The standard InChI is InChI=1S/C17H15Cl2N3O5S2/c1-4-5-9(23)22(26)27-16(25)13-17(2,3)29-15(21-13)14-20-8-6-7(18)11(24)10(19)12(8)28-14/h6,13H,4-5H2,1-3H3/p+1. The molecule has 1 atom stereocenters. The van der Waals surface area contributed by atoms with E-state index in [0.717, 1.165) is 0 Å². The predicted octanol–water partition coefficient (Wildman–Crippen LogP) is 4.51. The molecule has 0 saturated heterocycles. The molecule has 0 spiro atoms. The molecule has 0 bridgehead atoms. The Morgan fingerprint density at radius 1 is 1.38 bits per heavy atom. The number of aromatic hydroxyl groups is 1. The Kier molecular flexibility index (Phi) is 6.19. The van der Waals surface area contributed by atoms with Gasteiger partial charge in [0.05, 0.1) is 31.3 Å². The van der Waals surface area contributed by atoms with E-state index in [0.29, 0.717) is 26.7 Å². The van der Waals surface area contributed by atoms with Crippen molar-refractivity contribution in [1.29, 1.82) is 0 Å². The Hall–Kier alpha value is -1.75. The van der Waals surface area contributed by atoms with Crippen LogP contribution < -0.4 is 0 Å². The molecule has 12 heteroatoms. The normalized spacial score (nSPS) is 18.0. The summed E-state index contributed by atoms with van der Waals surface area (Å²) in [5.74, 6) is -1.98. The van der Waals surface area contributed by atoms with Crippen LogP contribution >= 0.6 is 46.3 Å². The van der Waals surface area contributed by atoms with Crippen molar-refractivity contribution in [2.75, 3.05) is 0 Å². The number of hydrogen-bond donors (Lipinski definition) is 1. The smallest absolute Gasteiger partial charge is 0.491 e. The Morgan fingerprint density at radius 2 is 2.07 bits per heavy atom. The van der Waals surface area contributed by atoms with E-state index in [1.807, 2.05) is 0 Å². The van der Waals surface area contributed by atoms with Gasteiger partial charge in [-0.25, -0.2) is 14.6 Å². The Balaban J connectivity index is 1.89. The Labute approximate surface area is 183 Å². The first-order chi connectivity index (χ1) is 13.5. The lowest BCUT2D eigenvalue weighted by atomic mass is 10.0. The maximum absolute atomic E-state index is 12.4. The molecular weight excluding hydrogens is 461 g/mol. The minimum atomic E-state index is -1.01. The number of hydrogen-bond acceptors (Lipinski definition) is 9. The monoisotopic (exact) mass is 476 g/mol. The number of phenols is 1. The Bertz CT molecular complexity index is 1070. The van der Waals surface area contributed by atoms with Gasteiger partial charge in [-0.3, -0.25) is 4.99 Å². The molecule has 1 aromatic heterocycles. The van der Waals surface area contributed by atoms with Gasteiger partial charge in [0.1, 0.15) is 15.1 Å². The molecule has 1 aromatic carbocycles. The number of phenolic OH excluding ortho intramolecular Hbond substituents is 1. The average Bonchev–Trinajstić information content (AvgIpc) is 3.20. The van der Waals surface area contributed by atoms with Crippen molar-refractivity contribution < 1.29 is 24.5 Å². The van der Waals surface area contributed by atoms with E-state index in [4.69, 9.17) is 23.2 Å². The van der Waals surface area contributed by atoms with Crippen LogP contribution in [0.3, 0.4) is 0 Å². The number of nitrogens with zero attached hydrogens (tertiary/aromatic N) is 3. The lowest BCUT2D eigenvalue weighted by Gasteiger charge is -2.19. The van der Waals surface area contributed by atoms with Crippen molar-refractivity contribution in [3.8, 4) is 5.75 Å². The number of rotatable bonds is 4. The van der Waals surface area contributed by atoms with Gasteiger partial charge < -0.3 is 5.11 Å². The third kappa shape index (κ3) is 4.25. The lowest BCUT2D eigenvalue weighted by Crippen LogP contribution is -2.38. The van der Waals surface area contributed by atoms with Gasteiger partial charge in [0, 0.05) is 0 Å². The quantitative estimate of drug-likeness (QED) is 0.646. The summed E-state index contributed by atoms with van der Waals surface area (Å²) in [4.78, 5) is 48.9. The number of aromatic nitrogens is 1. The molecule has 1 amide bonds. The van der Waals surface area contributed by atoms with Crippen LogP contribution in [0.4, 0.5) is 0 Å². The number of amides is 1. The Morgan fingerprint density at radius 3 is 2.72 bits per heavy atom. The van der Waals surface area contributed by atoms with Gasteiger partial charge >= 0.3 is 16.8 Å². The third-order valence-electron chi connectivity index (χ3n) is 4.06. The average molecular weight is 477 g/mol. The predicted molar refractivity (Wildman–Crippen MR) is 113 cm³/mol. The van der Waals surface area contributed by atoms with Gasteiger partial charge in [-0.2, -0.15) is 0 Å². The SMILES string of the molecule is CCCC(=O)[N+](=O)OC(=O)C1N=C(c2nc3cc(Cl)c(O)c(Cl)c3s2)SC1(C)C. The number of aliphatic imine (C=N–C) groups is 1. The number of fused-ring (bicyclic) bond motifs is 1. The number of carbonyl (C=O) groups is 2. The molecule has 3 rings (SSSR count). The second-order valence-electron chi connectivity index (χ2n) is 6.74. The molecule has 29 heavy (non-hydrogen) atoms. The molecule has 0 aliphatic carbocycles. The van der Waals surface area contributed by atoms with E-state index >= 15 is 0 Å². The molecule has 1 aliphatic rings. The maximum Gasteiger partial charge on any atom is 0.491 e. The summed E-state index contributed by atoms with van der Waals surface area (Å²) in [5.41, 5.74) is 0.487. The highest BCUT2D eigenvalue weighted by atomic mass is 35.5. The first kappa shape index (κ1) is 21.9. The van der Waals surface area contributed by atoms with Crippen molar-refractivity contribution in [1.82, 2.24) is 4.98 Å². The van der Waals surface area contributed by atoms with Crippen molar-refractivity contribution >= 4 is 73.4 Å². The first-order valence-corrected chi connectivity index (χ1v) is 10.9. The van der Waals surface area contributed by atoms with Crippen LogP contribution in [0.1, 0.15) is 38.6 Å². The van der Waals surface area contributed by atoms with Crippen LogP contribution in [0.25, 0.3) is 10.2 Å². The zero-order chi connectivity index (χ0) is 21.5. The number of benzene rings is 1. The van der Waals surface area contributed by atoms with E-state index in [2.05, 4.69) is 14.8 Å². The number of thiazole rings is 1. The first-order valence-electron chi connectivity index (χ1n) is 8.51.